The minimum atomic E-state index is 0.167. The Kier molecular flexibility index (Phi) is 2.13. The van der Waals surface area contributed by atoms with Crippen LogP contribution in [0.15, 0.2) is 6.33 Å². The number of nitrogens with zero attached hydrogens (tertiary/aromatic N) is 4. The smallest absolute Gasteiger partial charge is 0.251 e. The van der Waals surface area contributed by atoms with Crippen molar-refractivity contribution in [2.75, 3.05) is 0 Å². The third kappa shape index (κ3) is 2.35. The predicted octanol–water partition coefficient (Wildman–Crippen LogP) is 1.20. The van der Waals surface area contributed by atoms with Gasteiger partial charge in [0.15, 0.2) is 0 Å². The third-order valence-electron chi connectivity index (χ3n) is 1.27. The molecule has 1 heterocycles. The van der Waals surface area contributed by atoms with E-state index in [4.69, 9.17) is 5.26 Å². The summed E-state index contributed by atoms with van der Waals surface area (Å²) in [7, 11) is 0. The molecule has 0 aliphatic carbocycles. The molecule has 0 spiro atoms. The van der Waals surface area contributed by atoms with Crippen molar-refractivity contribution in [2.24, 2.45) is 5.41 Å². The first-order chi connectivity index (χ1) is 5.51. The zero-order valence-electron chi connectivity index (χ0n) is 7.57. The Balaban J connectivity index is 2.72. The molecule has 12 heavy (non-hydrogen) atoms. The number of hydrogen-bond donors (Lipinski definition) is 0. The van der Waals surface area contributed by atoms with Gasteiger partial charge in [0, 0.05) is 6.54 Å². The summed E-state index contributed by atoms with van der Waals surface area (Å²) < 4.78 is 1.69. The second-order valence-corrected chi connectivity index (χ2v) is 3.94. The Morgan fingerprint density at radius 3 is 2.67 bits per heavy atom. The fourth-order valence-corrected chi connectivity index (χ4v) is 0.908. The van der Waals surface area contributed by atoms with Gasteiger partial charge in [-0.15, -0.1) is 5.10 Å². The summed E-state index contributed by atoms with van der Waals surface area (Å²) >= 11 is 0. The van der Waals surface area contributed by atoms with Crippen molar-refractivity contribution in [3.8, 4) is 6.07 Å². The maximum absolute atomic E-state index is 8.46. The maximum atomic E-state index is 8.46. The zero-order valence-corrected chi connectivity index (χ0v) is 7.57. The van der Waals surface area contributed by atoms with Gasteiger partial charge in [-0.3, -0.25) is 4.68 Å². The van der Waals surface area contributed by atoms with Crippen LogP contribution in [0.4, 0.5) is 0 Å². The van der Waals surface area contributed by atoms with Crippen LogP contribution in [0.25, 0.3) is 0 Å². The monoisotopic (exact) mass is 164 g/mol. The average Bonchev–Trinajstić information content (AvgIpc) is 2.32. The highest BCUT2D eigenvalue weighted by atomic mass is 15.3. The molecule has 0 fully saturated rings. The standard InChI is InChI=1S/C8H12N4/c1-8(2,3)5-12-6-10-7(4-9)11-12/h6H,5H2,1-3H3. The van der Waals surface area contributed by atoms with Crippen molar-refractivity contribution < 1.29 is 0 Å². The molecule has 4 heteroatoms. The zero-order chi connectivity index (χ0) is 9.19. The molecular formula is C8H12N4. The van der Waals surface area contributed by atoms with Crippen molar-refractivity contribution in [1.29, 1.82) is 5.26 Å². The van der Waals surface area contributed by atoms with E-state index in [-0.39, 0.29) is 11.2 Å². The van der Waals surface area contributed by atoms with Crippen LogP contribution in [0, 0.1) is 16.7 Å². The van der Waals surface area contributed by atoms with Crippen LogP contribution in [-0.2, 0) is 6.54 Å². The Morgan fingerprint density at radius 1 is 1.58 bits per heavy atom. The lowest BCUT2D eigenvalue weighted by Gasteiger charge is -2.16. The number of rotatable bonds is 1. The molecule has 0 amide bonds. The fourth-order valence-electron chi connectivity index (χ4n) is 0.908. The second kappa shape index (κ2) is 2.94. The van der Waals surface area contributed by atoms with E-state index in [1.807, 2.05) is 6.07 Å². The first kappa shape index (κ1) is 8.72. The summed E-state index contributed by atoms with van der Waals surface area (Å²) in [5, 5.41) is 12.4. The van der Waals surface area contributed by atoms with Crippen molar-refractivity contribution in [3.63, 3.8) is 0 Å². The summed E-state index contributed by atoms with van der Waals surface area (Å²) in [6, 6.07) is 1.89. The van der Waals surface area contributed by atoms with E-state index in [9.17, 15) is 0 Å². The van der Waals surface area contributed by atoms with Gasteiger partial charge in [0.05, 0.1) is 0 Å². The Morgan fingerprint density at radius 2 is 2.25 bits per heavy atom. The molecule has 1 aromatic heterocycles. The van der Waals surface area contributed by atoms with Crippen LogP contribution in [0.2, 0.25) is 0 Å². The molecule has 0 atom stereocenters. The topological polar surface area (TPSA) is 54.5 Å². The van der Waals surface area contributed by atoms with Gasteiger partial charge in [0.2, 0.25) is 0 Å². The molecule has 0 unspecified atom stereocenters. The van der Waals surface area contributed by atoms with E-state index in [1.54, 1.807) is 11.0 Å². The van der Waals surface area contributed by atoms with Gasteiger partial charge in [-0.25, -0.2) is 4.98 Å². The summed E-state index contributed by atoms with van der Waals surface area (Å²) in [5.41, 5.74) is 0.167. The van der Waals surface area contributed by atoms with Crippen LogP contribution >= 0.6 is 0 Å². The highest BCUT2D eigenvalue weighted by molar-refractivity contribution is 5.05. The Labute approximate surface area is 71.8 Å². The van der Waals surface area contributed by atoms with Gasteiger partial charge < -0.3 is 0 Å². The van der Waals surface area contributed by atoms with Crippen molar-refractivity contribution in [3.05, 3.63) is 12.2 Å². The normalized spacial score (nSPS) is 11.2. The lowest BCUT2D eigenvalue weighted by atomic mass is 9.97. The molecule has 0 aromatic carbocycles. The second-order valence-electron chi connectivity index (χ2n) is 3.94. The largest absolute Gasteiger partial charge is 0.252 e. The highest BCUT2D eigenvalue weighted by Gasteiger charge is 2.12. The maximum Gasteiger partial charge on any atom is 0.252 e. The molecule has 0 N–H and O–H groups in total. The first-order valence-electron chi connectivity index (χ1n) is 3.81. The number of hydrogen-bond acceptors (Lipinski definition) is 3. The third-order valence-corrected chi connectivity index (χ3v) is 1.27. The SMILES string of the molecule is CC(C)(C)Cn1cnc(C#N)n1. The van der Waals surface area contributed by atoms with Crippen molar-refractivity contribution >= 4 is 0 Å². The number of aromatic nitrogens is 3. The van der Waals surface area contributed by atoms with Crippen LogP contribution in [0.3, 0.4) is 0 Å². The van der Waals surface area contributed by atoms with Crippen LogP contribution in [-0.4, -0.2) is 14.8 Å². The summed E-state index contributed by atoms with van der Waals surface area (Å²) in [4.78, 5) is 3.81. The van der Waals surface area contributed by atoms with E-state index in [2.05, 4.69) is 30.9 Å². The van der Waals surface area contributed by atoms with Gasteiger partial charge in [-0.05, 0) is 5.41 Å². The molecule has 1 rings (SSSR count). The van der Waals surface area contributed by atoms with Gasteiger partial charge in [0.1, 0.15) is 12.4 Å². The van der Waals surface area contributed by atoms with E-state index >= 15 is 0 Å². The lowest BCUT2D eigenvalue weighted by Crippen LogP contribution is -2.15. The summed E-state index contributed by atoms with van der Waals surface area (Å²) in [5.74, 6) is 0.235. The molecule has 0 saturated heterocycles. The van der Waals surface area contributed by atoms with E-state index in [1.165, 1.54) is 0 Å². The molecule has 0 radical (unpaired) electrons. The minimum Gasteiger partial charge on any atom is -0.251 e. The minimum absolute atomic E-state index is 0.167. The van der Waals surface area contributed by atoms with Gasteiger partial charge >= 0.3 is 0 Å². The molecule has 0 aliphatic heterocycles. The molecule has 1 aromatic rings. The van der Waals surface area contributed by atoms with E-state index in [0.29, 0.717) is 0 Å². The van der Waals surface area contributed by atoms with Gasteiger partial charge in [-0.2, -0.15) is 5.26 Å². The summed E-state index contributed by atoms with van der Waals surface area (Å²) in [6.45, 7) is 7.11. The fraction of sp³-hybridized carbons (Fsp3) is 0.625. The Hall–Kier alpha value is -1.37. The first-order valence-corrected chi connectivity index (χ1v) is 3.81. The molecule has 4 nitrogen and oxygen atoms in total. The average molecular weight is 164 g/mol. The molecule has 0 aliphatic rings. The molecular weight excluding hydrogens is 152 g/mol. The van der Waals surface area contributed by atoms with Crippen LogP contribution < -0.4 is 0 Å². The van der Waals surface area contributed by atoms with Crippen molar-refractivity contribution in [1.82, 2.24) is 14.8 Å². The van der Waals surface area contributed by atoms with Crippen LogP contribution in [0.1, 0.15) is 26.6 Å². The van der Waals surface area contributed by atoms with E-state index < -0.39 is 0 Å². The quantitative estimate of drug-likeness (QED) is 0.626. The Bertz CT molecular complexity index is 300. The van der Waals surface area contributed by atoms with Gasteiger partial charge in [-0.1, -0.05) is 20.8 Å². The summed E-state index contributed by atoms with van der Waals surface area (Å²) in [6.07, 6.45) is 1.59. The molecule has 0 bridgehead atoms. The van der Waals surface area contributed by atoms with Gasteiger partial charge in [0.25, 0.3) is 5.82 Å². The lowest BCUT2D eigenvalue weighted by molar-refractivity contribution is 0.324. The van der Waals surface area contributed by atoms with E-state index in [0.717, 1.165) is 6.54 Å². The number of nitriles is 1. The molecule has 64 valence electrons. The molecule has 0 saturated carbocycles. The van der Waals surface area contributed by atoms with Crippen molar-refractivity contribution in [2.45, 2.75) is 27.3 Å². The van der Waals surface area contributed by atoms with Crippen LogP contribution in [0.5, 0.6) is 0 Å². The predicted molar refractivity (Wildman–Crippen MR) is 44.2 cm³/mol. The highest BCUT2D eigenvalue weighted by Crippen LogP contribution is 2.14.